The number of nitrogens with one attached hydrogen (secondary N) is 2. The first-order valence-electron chi connectivity index (χ1n) is 8.76. The SMILES string of the molecule is CCNC(=NCC(C)Oc1ccc(Cl)cc1)NC1CC2CCC1O2.I. The Morgan fingerprint density at radius 2 is 2.12 bits per heavy atom. The van der Waals surface area contributed by atoms with E-state index in [0.717, 1.165) is 31.1 Å². The largest absolute Gasteiger partial charge is 0.489 e. The maximum atomic E-state index is 5.90. The van der Waals surface area contributed by atoms with Crippen LogP contribution >= 0.6 is 35.6 Å². The van der Waals surface area contributed by atoms with Gasteiger partial charge in [-0.25, -0.2) is 4.99 Å². The second kappa shape index (κ2) is 9.83. The van der Waals surface area contributed by atoms with Gasteiger partial charge in [0.15, 0.2) is 5.96 Å². The van der Waals surface area contributed by atoms with Crippen LogP contribution in [0.5, 0.6) is 5.75 Å². The van der Waals surface area contributed by atoms with Crippen LogP contribution in [0.2, 0.25) is 5.02 Å². The molecule has 5 nitrogen and oxygen atoms in total. The fourth-order valence-corrected chi connectivity index (χ4v) is 3.41. The average Bonchev–Trinajstić information content (AvgIpc) is 3.18. The molecule has 0 saturated carbocycles. The zero-order valence-electron chi connectivity index (χ0n) is 14.7. The summed E-state index contributed by atoms with van der Waals surface area (Å²) in [4.78, 5) is 4.66. The van der Waals surface area contributed by atoms with Crippen LogP contribution in [0.4, 0.5) is 0 Å². The molecule has 0 radical (unpaired) electrons. The highest BCUT2D eigenvalue weighted by Crippen LogP contribution is 2.34. The predicted molar refractivity (Wildman–Crippen MR) is 112 cm³/mol. The van der Waals surface area contributed by atoms with Crippen LogP contribution in [0.15, 0.2) is 29.3 Å². The van der Waals surface area contributed by atoms with Crippen LogP contribution < -0.4 is 15.4 Å². The van der Waals surface area contributed by atoms with E-state index in [-0.39, 0.29) is 30.1 Å². The Morgan fingerprint density at radius 1 is 1.36 bits per heavy atom. The van der Waals surface area contributed by atoms with Gasteiger partial charge in [0.05, 0.1) is 24.8 Å². The topological polar surface area (TPSA) is 54.9 Å². The van der Waals surface area contributed by atoms with Gasteiger partial charge in [-0.2, -0.15) is 0 Å². The molecular formula is C18H27ClIN3O2. The number of fused-ring (bicyclic) bond motifs is 2. The van der Waals surface area contributed by atoms with Gasteiger partial charge in [0, 0.05) is 11.6 Å². The average molecular weight is 480 g/mol. The molecule has 25 heavy (non-hydrogen) atoms. The monoisotopic (exact) mass is 479 g/mol. The second-order valence-electron chi connectivity index (χ2n) is 6.46. The quantitative estimate of drug-likeness (QED) is 0.372. The maximum Gasteiger partial charge on any atom is 0.191 e. The molecule has 2 N–H and O–H groups in total. The van der Waals surface area contributed by atoms with E-state index in [0.29, 0.717) is 29.8 Å². The van der Waals surface area contributed by atoms with E-state index in [9.17, 15) is 0 Å². The summed E-state index contributed by atoms with van der Waals surface area (Å²) in [7, 11) is 0. The highest BCUT2D eigenvalue weighted by atomic mass is 127. The van der Waals surface area contributed by atoms with Crippen LogP contribution in [0, 0.1) is 0 Å². The summed E-state index contributed by atoms with van der Waals surface area (Å²) in [6.07, 6.45) is 4.17. The Morgan fingerprint density at radius 3 is 2.72 bits per heavy atom. The Labute approximate surface area is 171 Å². The van der Waals surface area contributed by atoms with Crippen molar-refractivity contribution in [3.63, 3.8) is 0 Å². The van der Waals surface area contributed by atoms with Crippen LogP contribution in [0.1, 0.15) is 33.1 Å². The van der Waals surface area contributed by atoms with Crippen molar-refractivity contribution in [3.8, 4) is 5.75 Å². The molecule has 2 saturated heterocycles. The van der Waals surface area contributed by atoms with Gasteiger partial charge in [0.25, 0.3) is 0 Å². The molecule has 1 aromatic rings. The van der Waals surface area contributed by atoms with Gasteiger partial charge in [-0.3, -0.25) is 0 Å². The fraction of sp³-hybridized carbons (Fsp3) is 0.611. The van der Waals surface area contributed by atoms with E-state index >= 15 is 0 Å². The summed E-state index contributed by atoms with van der Waals surface area (Å²) in [5.41, 5.74) is 0. The number of ether oxygens (including phenoxy) is 2. The second-order valence-corrected chi connectivity index (χ2v) is 6.90. The summed E-state index contributed by atoms with van der Waals surface area (Å²) < 4.78 is 11.8. The number of hydrogen-bond donors (Lipinski definition) is 2. The normalized spacial score (nSPS) is 26.0. The van der Waals surface area contributed by atoms with Crippen LogP contribution in [0.3, 0.4) is 0 Å². The molecular weight excluding hydrogens is 453 g/mol. The minimum absolute atomic E-state index is 0. The minimum atomic E-state index is -0.0158. The molecule has 3 rings (SSSR count). The number of aliphatic imine (C=N–C) groups is 1. The van der Waals surface area contributed by atoms with E-state index in [1.165, 1.54) is 6.42 Å². The molecule has 2 bridgehead atoms. The molecule has 4 unspecified atom stereocenters. The number of nitrogens with zero attached hydrogens (tertiary/aromatic N) is 1. The van der Waals surface area contributed by atoms with E-state index in [1.807, 2.05) is 31.2 Å². The molecule has 0 amide bonds. The number of rotatable bonds is 6. The predicted octanol–water partition coefficient (Wildman–Crippen LogP) is 3.60. The maximum absolute atomic E-state index is 5.90. The summed E-state index contributed by atoms with van der Waals surface area (Å²) in [5, 5.41) is 7.53. The third-order valence-electron chi connectivity index (χ3n) is 4.43. The van der Waals surface area contributed by atoms with Crippen molar-refractivity contribution in [1.82, 2.24) is 10.6 Å². The van der Waals surface area contributed by atoms with Crippen molar-refractivity contribution in [1.29, 1.82) is 0 Å². The standard InChI is InChI=1S/C18H26ClN3O2.HI/c1-3-20-18(22-16-10-15-8-9-17(16)24-15)21-11-12(2)23-14-6-4-13(19)5-7-14;/h4-7,12,15-17H,3,8-11H2,1-2H3,(H2,20,21,22);1H. The van der Waals surface area contributed by atoms with Crippen LogP contribution in [-0.2, 0) is 4.74 Å². The van der Waals surface area contributed by atoms with Crippen molar-refractivity contribution in [2.45, 2.75) is 57.5 Å². The number of halogens is 2. The number of hydrogen-bond acceptors (Lipinski definition) is 3. The van der Waals surface area contributed by atoms with Gasteiger partial charge >= 0.3 is 0 Å². The van der Waals surface area contributed by atoms with Crippen LogP contribution in [0.25, 0.3) is 0 Å². The third-order valence-corrected chi connectivity index (χ3v) is 4.68. The summed E-state index contributed by atoms with van der Waals surface area (Å²) in [6, 6.07) is 7.77. The van der Waals surface area contributed by atoms with E-state index in [4.69, 9.17) is 21.1 Å². The summed E-state index contributed by atoms with van der Waals surface area (Å²) >= 11 is 5.89. The number of benzene rings is 1. The fourth-order valence-electron chi connectivity index (χ4n) is 3.29. The lowest BCUT2D eigenvalue weighted by molar-refractivity contribution is 0.0992. The smallest absolute Gasteiger partial charge is 0.191 e. The molecule has 7 heteroatoms. The molecule has 2 heterocycles. The molecule has 0 aromatic heterocycles. The molecule has 2 aliphatic rings. The Bertz CT molecular complexity index is 570. The molecule has 2 aliphatic heterocycles. The lowest BCUT2D eigenvalue weighted by Crippen LogP contribution is -2.47. The first-order chi connectivity index (χ1) is 11.6. The third kappa shape index (κ3) is 5.89. The molecule has 2 fully saturated rings. The molecule has 140 valence electrons. The van der Waals surface area contributed by atoms with Crippen molar-refractivity contribution >= 4 is 41.5 Å². The first kappa shape index (κ1) is 20.6. The molecule has 1 aromatic carbocycles. The van der Waals surface area contributed by atoms with Gasteiger partial charge in [-0.1, -0.05) is 11.6 Å². The van der Waals surface area contributed by atoms with E-state index < -0.39 is 0 Å². The highest BCUT2D eigenvalue weighted by molar-refractivity contribution is 14.0. The Kier molecular flexibility index (Phi) is 8.09. The van der Waals surface area contributed by atoms with Crippen LogP contribution in [-0.4, -0.2) is 43.4 Å². The van der Waals surface area contributed by atoms with Crippen molar-refractivity contribution in [2.75, 3.05) is 13.1 Å². The van der Waals surface area contributed by atoms with E-state index in [1.54, 1.807) is 0 Å². The highest BCUT2D eigenvalue weighted by Gasteiger charge is 2.41. The molecule has 4 atom stereocenters. The Balaban J connectivity index is 0.00000225. The summed E-state index contributed by atoms with van der Waals surface area (Å²) in [5.74, 6) is 1.65. The zero-order chi connectivity index (χ0) is 16.9. The van der Waals surface area contributed by atoms with Gasteiger partial charge in [0.1, 0.15) is 11.9 Å². The van der Waals surface area contributed by atoms with Gasteiger partial charge in [0.2, 0.25) is 0 Å². The zero-order valence-corrected chi connectivity index (χ0v) is 17.8. The Hall–Kier alpha value is -0.730. The van der Waals surface area contributed by atoms with Crippen molar-refractivity contribution in [3.05, 3.63) is 29.3 Å². The van der Waals surface area contributed by atoms with Gasteiger partial charge in [-0.15, -0.1) is 24.0 Å². The molecule has 0 spiro atoms. The van der Waals surface area contributed by atoms with Crippen molar-refractivity contribution < 1.29 is 9.47 Å². The van der Waals surface area contributed by atoms with Gasteiger partial charge in [-0.05, 0) is 57.4 Å². The van der Waals surface area contributed by atoms with Crippen molar-refractivity contribution in [2.24, 2.45) is 4.99 Å². The van der Waals surface area contributed by atoms with E-state index in [2.05, 4.69) is 22.5 Å². The number of guanidine groups is 1. The lowest BCUT2D eigenvalue weighted by atomic mass is 9.96. The minimum Gasteiger partial charge on any atom is -0.489 e. The first-order valence-corrected chi connectivity index (χ1v) is 9.14. The van der Waals surface area contributed by atoms with Gasteiger partial charge < -0.3 is 20.1 Å². The lowest BCUT2D eigenvalue weighted by Gasteiger charge is -2.23. The summed E-state index contributed by atoms with van der Waals surface area (Å²) in [6.45, 7) is 5.50. The molecule has 0 aliphatic carbocycles.